The molecule has 1 heterocycles. The summed E-state index contributed by atoms with van der Waals surface area (Å²) in [6.45, 7) is 7.44. The van der Waals surface area contributed by atoms with Gasteiger partial charge < -0.3 is 24.9 Å². The van der Waals surface area contributed by atoms with Gasteiger partial charge in [0.25, 0.3) is 0 Å². The standard InChI is InChI=1S/C19H26N2O4/c1-13(2)25-16-8-5-7-15(11-16)14(3)21-18(22)20-12-19(4,23)17-9-6-10-24-17/h5-11,13-14,23H,12H2,1-4H3,(H2,20,21,22). The lowest BCUT2D eigenvalue weighted by Crippen LogP contribution is -2.44. The predicted molar refractivity (Wildman–Crippen MR) is 95.4 cm³/mol. The van der Waals surface area contributed by atoms with Crippen molar-refractivity contribution in [3.8, 4) is 5.75 Å². The van der Waals surface area contributed by atoms with Crippen molar-refractivity contribution >= 4 is 6.03 Å². The highest BCUT2D eigenvalue weighted by Crippen LogP contribution is 2.21. The average molecular weight is 346 g/mol. The van der Waals surface area contributed by atoms with Crippen LogP contribution in [0.15, 0.2) is 47.1 Å². The van der Waals surface area contributed by atoms with Crippen molar-refractivity contribution in [2.45, 2.75) is 45.4 Å². The maximum atomic E-state index is 12.1. The average Bonchev–Trinajstić information content (AvgIpc) is 3.08. The van der Waals surface area contributed by atoms with E-state index in [1.54, 1.807) is 19.1 Å². The van der Waals surface area contributed by atoms with Gasteiger partial charge in [0.2, 0.25) is 0 Å². The first-order valence-corrected chi connectivity index (χ1v) is 8.35. The van der Waals surface area contributed by atoms with Crippen molar-refractivity contribution in [2.24, 2.45) is 0 Å². The normalized spacial score (nSPS) is 14.6. The molecule has 0 aliphatic heterocycles. The number of furan rings is 1. The van der Waals surface area contributed by atoms with Gasteiger partial charge in [0, 0.05) is 0 Å². The molecule has 0 aliphatic carbocycles. The molecule has 1 aromatic carbocycles. The van der Waals surface area contributed by atoms with Crippen LogP contribution in [0.3, 0.4) is 0 Å². The molecule has 136 valence electrons. The smallest absolute Gasteiger partial charge is 0.315 e. The first-order valence-electron chi connectivity index (χ1n) is 8.35. The van der Waals surface area contributed by atoms with Gasteiger partial charge in [0.1, 0.15) is 17.1 Å². The second-order valence-corrected chi connectivity index (χ2v) is 6.54. The third-order valence-electron chi connectivity index (χ3n) is 3.72. The minimum absolute atomic E-state index is 0.0373. The fourth-order valence-electron chi connectivity index (χ4n) is 2.38. The van der Waals surface area contributed by atoms with Crippen LogP contribution in [-0.2, 0) is 5.60 Å². The van der Waals surface area contributed by atoms with E-state index in [-0.39, 0.29) is 24.7 Å². The predicted octanol–water partition coefficient (Wildman–Crippen LogP) is 3.33. The van der Waals surface area contributed by atoms with Crippen LogP contribution >= 0.6 is 0 Å². The number of hydrogen-bond donors (Lipinski definition) is 3. The van der Waals surface area contributed by atoms with Crippen molar-refractivity contribution in [1.29, 1.82) is 0 Å². The number of nitrogens with one attached hydrogen (secondary N) is 2. The van der Waals surface area contributed by atoms with Crippen LogP contribution in [0.2, 0.25) is 0 Å². The van der Waals surface area contributed by atoms with E-state index >= 15 is 0 Å². The monoisotopic (exact) mass is 346 g/mol. The van der Waals surface area contributed by atoms with Crippen LogP contribution in [-0.4, -0.2) is 23.8 Å². The second-order valence-electron chi connectivity index (χ2n) is 6.54. The Morgan fingerprint density at radius 1 is 1.28 bits per heavy atom. The van der Waals surface area contributed by atoms with Gasteiger partial charge in [-0.1, -0.05) is 12.1 Å². The maximum absolute atomic E-state index is 12.1. The molecule has 0 radical (unpaired) electrons. The molecule has 3 N–H and O–H groups in total. The number of benzene rings is 1. The Bertz CT molecular complexity index is 680. The lowest BCUT2D eigenvalue weighted by molar-refractivity contribution is 0.0366. The summed E-state index contributed by atoms with van der Waals surface area (Å²) in [6, 6.07) is 10.4. The van der Waals surface area contributed by atoms with Crippen LogP contribution in [0, 0.1) is 0 Å². The van der Waals surface area contributed by atoms with Gasteiger partial charge in [-0.25, -0.2) is 4.79 Å². The Morgan fingerprint density at radius 3 is 2.68 bits per heavy atom. The Morgan fingerprint density at radius 2 is 2.04 bits per heavy atom. The van der Waals surface area contributed by atoms with Gasteiger partial charge in [0.05, 0.1) is 25.0 Å². The molecule has 2 rings (SSSR count). The van der Waals surface area contributed by atoms with E-state index in [2.05, 4.69) is 10.6 Å². The first kappa shape index (κ1) is 18.9. The minimum atomic E-state index is -1.27. The van der Waals surface area contributed by atoms with Crippen LogP contribution < -0.4 is 15.4 Å². The summed E-state index contributed by atoms with van der Waals surface area (Å²) in [5.74, 6) is 1.17. The summed E-state index contributed by atoms with van der Waals surface area (Å²) >= 11 is 0. The molecule has 2 unspecified atom stereocenters. The molecule has 0 saturated heterocycles. The SMILES string of the molecule is CC(C)Oc1cccc(C(C)NC(=O)NCC(C)(O)c2ccco2)c1. The number of urea groups is 1. The van der Waals surface area contributed by atoms with Crippen molar-refractivity contribution in [2.75, 3.05) is 6.54 Å². The van der Waals surface area contributed by atoms with Gasteiger partial charge in [-0.15, -0.1) is 0 Å². The second kappa shape index (κ2) is 8.07. The van der Waals surface area contributed by atoms with E-state index < -0.39 is 5.60 Å². The Hall–Kier alpha value is -2.47. The van der Waals surface area contributed by atoms with Crippen molar-refractivity contribution in [3.63, 3.8) is 0 Å². The molecule has 0 aliphatic rings. The van der Waals surface area contributed by atoms with Crippen molar-refractivity contribution in [1.82, 2.24) is 10.6 Å². The largest absolute Gasteiger partial charge is 0.491 e. The lowest BCUT2D eigenvalue weighted by Gasteiger charge is -2.22. The summed E-state index contributed by atoms with van der Waals surface area (Å²) in [5, 5.41) is 15.9. The maximum Gasteiger partial charge on any atom is 0.315 e. The molecule has 6 heteroatoms. The molecular formula is C19H26N2O4. The Kier molecular flexibility index (Phi) is 6.09. The third kappa shape index (κ3) is 5.53. The van der Waals surface area contributed by atoms with E-state index in [9.17, 15) is 9.90 Å². The highest BCUT2D eigenvalue weighted by atomic mass is 16.5. The zero-order valence-corrected chi connectivity index (χ0v) is 15.1. The summed E-state index contributed by atoms with van der Waals surface area (Å²) in [4.78, 5) is 12.1. The number of aliphatic hydroxyl groups is 1. The number of hydrogen-bond acceptors (Lipinski definition) is 4. The minimum Gasteiger partial charge on any atom is -0.491 e. The lowest BCUT2D eigenvalue weighted by atomic mass is 10.0. The number of carbonyl (C=O) groups is 1. The van der Waals surface area contributed by atoms with Gasteiger partial charge in [0.15, 0.2) is 0 Å². The molecule has 2 amide bonds. The number of rotatable bonds is 7. The van der Waals surface area contributed by atoms with Gasteiger partial charge >= 0.3 is 6.03 Å². The zero-order chi connectivity index (χ0) is 18.4. The summed E-state index contributed by atoms with van der Waals surface area (Å²) in [5.41, 5.74) is -0.333. The molecule has 6 nitrogen and oxygen atoms in total. The summed E-state index contributed by atoms with van der Waals surface area (Å²) in [6.07, 6.45) is 1.57. The van der Waals surface area contributed by atoms with Gasteiger partial charge in [-0.2, -0.15) is 0 Å². The van der Waals surface area contributed by atoms with Crippen LogP contribution in [0.1, 0.15) is 45.1 Å². The number of amides is 2. The first-order chi connectivity index (χ1) is 11.8. The Balaban J connectivity index is 1.90. The quantitative estimate of drug-likeness (QED) is 0.718. The molecule has 2 atom stereocenters. The molecule has 1 aromatic heterocycles. The van der Waals surface area contributed by atoms with Crippen molar-refractivity contribution < 1.29 is 19.1 Å². The van der Waals surface area contributed by atoms with Crippen LogP contribution in [0.5, 0.6) is 5.75 Å². The zero-order valence-electron chi connectivity index (χ0n) is 15.1. The van der Waals surface area contributed by atoms with E-state index in [1.165, 1.54) is 6.26 Å². The van der Waals surface area contributed by atoms with Crippen molar-refractivity contribution in [3.05, 3.63) is 54.0 Å². The molecule has 0 fully saturated rings. The highest BCUT2D eigenvalue weighted by Gasteiger charge is 2.27. The number of carbonyl (C=O) groups excluding carboxylic acids is 1. The molecule has 0 bridgehead atoms. The van der Waals surface area contributed by atoms with E-state index in [4.69, 9.17) is 9.15 Å². The fourth-order valence-corrected chi connectivity index (χ4v) is 2.38. The van der Waals surface area contributed by atoms with Gasteiger partial charge in [-0.3, -0.25) is 0 Å². The third-order valence-corrected chi connectivity index (χ3v) is 3.72. The molecule has 0 saturated carbocycles. The highest BCUT2D eigenvalue weighted by molar-refractivity contribution is 5.74. The van der Waals surface area contributed by atoms with E-state index in [0.29, 0.717) is 5.76 Å². The molecule has 2 aromatic rings. The Labute approximate surface area is 148 Å². The summed E-state index contributed by atoms with van der Waals surface area (Å²) in [7, 11) is 0. The molecular weight excluding hydrogens is 320 g/mol. The van der Waals surface area contributed by atoms with Gasteiger partial charge in [-0.05, 0) is 57.5 Å². The van der Waals surface area contributed by atoms with E-state index in [1.807, 2.05) is 45.0 Å². The molecule has 25 heavy (non-hydrogen) atoms. The van der Waals surface area contributed by atoms with E-state index in [0.717, 1.165) is 11.3 Å². The van der Waals surface area contributed by atoms with Crippen LogP contribution in [0.4, 0.5) is 4.79 Å². The fraction of sp³-hybridized carbons (Fsp3) is 0.421. The van der Waals surface area contributed by atoms with Crippen LogP contribution in [0.25, 0.3) is 0 Å². The number of ether oxygens (including phenoxy) is 1. The molecule has 0 spiro atoms. The summed E-state index contributed by atoms with van der Waals surface area (Å²) < 4.78 is 10.9. The topological polar surface area (TPSA) is 83.7 Å².